The van der Waals surface area contributed by atoms with Crippen molar-refractivity contribution in [1.29, 1.82) is 0 Å². The molecule has 4 rings (SSSR count). The van der Waals surface area contributed by atoms with Crippen LogP contribution in [-0.4, -0.2) is 54.3 Å². The molecule has 1 fully saturated rings. The Morgan fingerprint density at radius 1 is 1.15 bits per heavy atom. The van der Waals surface area contributed by atoms with Crippen LogP contribution >= 0.6 is 0 Å². The minimum absolute atomic E-state index is 0.692. The van der Waals surface area contributed by atoms with Gasteiger partial charge in [-0.15, -0.1) is 0 Å². The van der Waals surface area contributed by atoms with Gasteiger partial charge in [-0.25, -0.2) is 9.97 Å². The molecular weight excluding hydrogens is 328 g/mol. The van der Waals surface area contributed by atoms with Crippen LogP contribution in [0.4, 0.5) is 5.95 Å². The van der Waals surface area contributed by atoms with Gasteiger partial charge in [-0.2, -0.15) is 0 Å². The van der Waals surface area contributed by atoms with Crippen LogP contribution in [0.25, 0.3) is 0 Å². The fraction of sp³-hybridized carbons (Fsp3) is 0.500. The minimum atomic E-state index is 0.692. The number of hydrogen-bond donors (Lipinski definition) is 0. The SMILES string of the molecule is CCOc1ccccc1CN1CCc2nc(N3CCOCC3)ncc2C1. The Morgan fingerprint density at radius 2 is 2.00 bits per heavy atom. The molecule has 1 aromatic heterocycles. The monoisotopic (exact) mass is 354 g/mol. The number of para-hydroxylation sites is 1. The van der Waals surface area contributed by atoms with Crippen LogP contribution in [0.1, 0.15) is 23.7 Å². The Morgan fingerprint density at radius 3 is 2.85 bits per heavy atom. The zero-order valence-corrected chi connectivity index (χ0v) is 15.4. The summed E-state index contributed by atoms with van der Waals surface area (Å²) in [4.78, 5) is 14.1. The van der Waals surface area contributed by atoms with Gasteiger partial charge in [-0.05, 0) is 13.0 Å². The van der Waals surface area contributed by atoms with Crippen molar-refractivity contribution in [2.24, 2.45) is 0 Å². The Bertz CT molecular complexity index is 746. The van der Waals surface area contributed by atoms with Crippen molar-refractivity contribution in [3.8, 4) is 5.75 Å². The second-order valence-corrected chi connectivity index (χ2v) is 6.74. The number of rotatable bonds is 5. The van der Waals surface area contributed by atoms with Gasteiger partial charge >= 0.3 is 0 Å². The van der Waals surface area contributed by atoms with E-state index < -0.39 is 0 Å². The molecule has 0 N–H and O–H groups in total. The molecule has 3 heterocycles. The van der Waals surface area contributed by atoms with E-state index in [1.165, 1.54) is 16.8 Å². The lowest BCUT2D eigenvalue weighted by Crippen LogP contribution is -2.38. The standard InChI is InChI=1S/C20H26N4O2/c1-2-26-19-6-4-3-5-16(19)14-23-8-7-18-17(15-23)13-21-20(22-18)24-9-11-25-12-10-24/h3-6,13H,2,7-12,14-15H2,1H3. The molecule has 0 saturated carbocycles. The van der Waals surface area contributed by atoms with Crippen LogP contribution < -0.4 is 9.64 Å². The number of benzene rings is 1. The Balaban J connectivity index is 1.45. The van der Waals surface area contributed by atoms with E-state index in [9.17, 15) is 0 Å². The molecule has 0 aliphatic carbocycles. The van der Waals surface area contributed by atoms with Gasteiger partial charge in [0.15, 0.2) is 0 Å². The van der Waals surface area contributed by atoms with Gasteiger partial charge in [0.2, 0.25) is 5.95 Å². The maximum Gasteiger partial charge on any atom is 0.225 e. The van der Waals surface area contributed by atoms with Crippen molar-refractivity contribution < 1.29 is 9.47 Å². The highest BCUT2D eigenvalue weighted by Crippen LogP contribution is 2.24. The number of fused-ring (bicyclic) bond motifs is 1. The molecule has 2 aromatic rings. The quantitative estimate of drug-likeness (QED) is 0.821. The largest absolute Gasteiger partial charge is 0.494 e. The Hall–Kier alpha value is -2.18. The van der Waals surface area contributed by atoms with E-state index in [4.69, 9.17) is 14.5 Å². The van der Waals surface area contributed by atoms with Gasteiger partial charge < -0.3 is 14.4 Å². The molecule has 0 spiro atoms. The van der Waals surface area contributed by atoms with E-state index in [0.29, 0.717) is 6.61 Å². The van der Waals surface area contributed by atoms with Crippen molar-refractivity contribution in [3.05, 3.63) is 47.3 Å². The van der Waals surface area contributed by atoms with Gasteiger partial charge in [-0.1, -0.05) is 18.2 Å². The zero-order valence-electron chi connectivity index (χ0n) is 15.4. The van der Waals surface area contributed by atoms with Crippen LogP contribution in [0, 0.1) is 0 Å². The van der Waals surface area contributed by atoms with Gasteiger partial charge in [0.05, 0.1) is 25.5 Å². The van der Waals surface area contributed by atoms with Crippen LogP contribution in [0.3, 0.4) is 0 Å². The Kier molecular flexibility index (Phi) is 5.32. The number of anilines is 1. The van der Waals surface area contributed by atoms with Crippen molar-refractivity contribution in [2.45, 2.75) is 26.4 Å². The highest BCUT2D eigenvalue weighted by Gasteiger charge is 2.21. The third-order valence-corrected chi connectivity index (χ3v) is 4.96. The van der Waals surface area contributed by atoms with E-state index in [1.54, 1.807) is 0 Å². The predicted molar refractivity (Wildman–Crippen MR) is 100 cm³/mol. The van der Waals surface area contributed by atoms with Crippen molar-refractivity contribution in [3.63, 3.8) is 0 Å². The topological polar surface area (TPSA) is 50.7 Å². The molecule has 2 aliphatic heterocycles. The maximum atomic E-state index is 5.76. The molecule has 1 saturated heterocycles. The normalized spacial score (nSPS) is 17.8. The summed E-state index contributed by atoms with van der Waals surface area (Å²) in [5.41, 5.74) is 3.67. The first-order valence-electron chi connectivity index (χ1n) is 9.44. The van der Waals surface area contributed by atoms with Crippen molar-refractivity contribution in [1.82, 2.24) is 14.9 Å². The summed E-state index contributed by atoms with van der Waals surface area (Å²) >= 11 is 0. The molecule has 2 aliphatic rings. The molecule has 0 radical (unpaired) electrons. The van der Waals surface area contributed by atoms with E-state index in [1.807, 2.05) is 19.2 Å². The molecule has 0 amide bonds. The molecule has 0 atom stereocenters. The van der Waals surface area contributed by atoms with Gasteiger partial charge in [0, 0.05) is 56.5 Å². The minimum Gasteiger partial charge on any atom is -0.494 e. The first-order chi connectivity index (χ1) is 12.8. The third-order valence-electron chi connectivity index (χ3n) is 4.96. The number of nitrogens with zero attached hydrogens (tertiary/aromatic N) is 4. The Labute approximate surface area is 154 Å². The molecule has 26 heavy (non-hydrogen) atoms. The second kappa shape index (κ2) is 8.01. The summed E-state index contributed by atoms with van der Waals surface area (Å²) in [6, 6.07) is 8.31. The number of hydrogen-bond acceptors (Lipinski definition) is 6. The van der Waals surface area contributed by atoms with Crippen LogP contribution in [0.5, 0.6) is 5.75 Å². The third kappa shape index (κ3) is 3.81. The lowest BCUT2D eigenvalue weighted by atomic mass is 10.1. The van der Waals surface area contributed by atoms with Crippen LogP contribution in [0.2, 0.25) is 0 Å². The van der Waals surface area contributed by atoms with E-state index in [2.05, 4.69) is 33.0 Å². The summed E-state index contributed by atoms with van der Waals surface area (Å²) in [7, 11) is 0. The zero-order chi connectivity index (χ0) is 17.8. The number of ether oxygens (including phenoxy) is 2. The fourth-order valence-corrected chi connectivity index (χ4v) is 3.59. The summed E-state index contributed by atoms with van der Waals surface area (Å²) in [6.45, 7) is 8.77. The molecule has 6 nitrogen and oxygen atoms in total. The van der Waals surface area contributed by atoms with Gasteiger partial charge in [-0.3, -0.25) is 4.90 Å². The first kappa shape index (κ1) is 17.2. The number of morpholine rings is 1. The van der Waals surface area contributed by atoms with Crippen molar-refractivity contribution in [2.75, 3.05) is 44.4 Å². The van der Waals surface area contributed by atoms with Gasteiger partial charge in [0.1, 0.15) is 5.75 Å². The van der Waals surface area contributed by atoms with E-state index in [-0.39, 0.29) is 0 Å². The highest BCUT2D eigenvalue weighted by atomic mass is 16.5. The summed E-state index contributed by atoms with van der Waals surface area (Å²) in [5, 5.41) is 0. The maximum absolute atomic E-state index is 5.76. The average molecular weight is 354 g/mol. The highest BCUT2D eigenvalue weighted by molar-refractivity contribution is 5.36. The van der Waals surface area contributed by atoms with E-state index in [0.717, 1.165) is 64.1 Å². The van der Waals surface area contributed by atoms with Crippen molar-refractivity contribution >= 4 is 5.95 Å². The van der Waals surface area contributed by atoms with Crippen LogP contribution in [0.15, 0.2) is 30.5 Å². The average Bonchev–Trinajstić information content (AvgIpc) is 2.70. The first-order valence-corrected chi connectivity index (χ1v) is 9.44. The summed E-state index contributed by atoms with van der Waals surface area (Å²) in [5.74, 6) is 1.84. The molecule has 6 heteroatoms. The molecular formula is C20H26N4O2. The van der Waals surface area contributed by atoms with E-state index >= 15 is 0 Å². The molecule has 0 bridgehead atoms. The lowest BCUT2D eigenvalue weighted by molar-refractivity contribution is 0.122. The summed E-state index contributed by atoms with van der Waals surface area (Å²) in [6.07, 6.45) is 2.97. The van der Waals surface area contributed by atoms with Crippen LogP contribution in [-0.2, 0) is 24.2 Å². The fourth-order valence-electron chi connectivity index (χ4n) is 3.59. The molecule has 138 valence electrons. The molecule has 0 unspecified atom stereocenters. The molecule has 1 aromatic carbocycles. The van der Waals surface area contributed by atoms with Gasteiger partial charge in [0.25, 0.3) is 0 Å². The second-order valence-electron chi connectivity index (χ2n) is 6.74. The smallest absolute Gasteiger partial charge is 0.225 e. The summed E-state index contributed by atoms with van der Waals surface area (Å²) < 4.78 is 11.2. The predicted octanol–water partition coefficient (Wildman–Crippen LogP) is 2.27. The lowest BCUT2D eigenvalue weighted by Gasteiger charge is -2.31. The number of aromatic nitrogens is 2.